The van der Waals surface area contributed by atoms with Gasteiger partial charge in [-0.2, -0.15) is 5.26 Å². The molecule has 0 fully saturated rings. The molecule has 0 saturated heterocycles. The normalized spacial score (nSPS) is 16.1. The average molecular weight is 415 g/mol. The topological polar surface area (TPSA) is 79.2 Å². The molecule has 1 heterocycles. The van der Waals surface area contributed by atoms with Gasteiger partial charge in [0.2, 0.25) is 0 Å². The second-order valence-electron chi connectivity index (χ2n) is 6.72. The highest BCUT2D eigenvalue weighted by molar-refractivity contribution is 7.17. The van der Waals surface area contributed by atoms with Crippen LogP contribution in [-0.2, 0) is 22.4 Å². The molecule has 1 aliphatic rings. The molecule has 1 aromatic heterocycles. The van der Waals surface area contributed by atoms with Crippen molar-refractivity contribution in [1.82, 2.24) is 0 Å². The van der Waals surface area contributed by atoms with Crippen molar-refractivity contribution in [1.29, 1.82) is 5.26 Å². The number of esters is 1. The molecule has 0 radical (unpaired) electrons. The maximum absolute atomic E-state index is 12.7. The summed E-state index contributed by atoms with van der Waals surface area (Å²) in [4.78, 5) is 26.1. The van der Waals surface area contributed by atoms with Crippen LogP contribution in [0.5, 0.6) is 0 Å². The van der Waals surface area contributed by atoms with Crippen LogP contribution in [0, 0.1) is 17.2 Å². The van der Waals surface area contributed by atoms with E-state index in [0.717, 1.165) is 29.7 Å². The van der Waals surface area contributed by atoms with Gasteiger partial charge in [0.1, 0.15) is 16.6 Å². The third kappa shape index (κ3) is 4.27. The number of rotatable bonds is 4. The van der Waals surface area contributed by atoms with E-state index in [0.29, 0.717) is 27.1 Å². The molecule has 1 atom stereocenters. The highest BCUT2D eigenvalue weighted by Gasteiger charge is 2.29. The number of hydrogen-bond donors (Lipinski definition) is 1. The maximum Gasteiger partial charge on any atom is 0.341 e. The molecular weight excluding hydrogens is 396 g/mol. The molecule has 0 spiro atoms. The van der Waals surface area contributed by atoms with Crippen LogP contribution in [0.1, 0.15) is 39.7 Å². The molecule has 0 saturated carbocycles. The Hall–Kier alpha value is -2.62. The molecule has 3 rings (SSSR count). The molecule has 0 aliphatic heterocycles. The first-order chi connectivity index (χ1) is 13.4. The fourth-order valence-corrected chi connectivity index (χ4v) is 4.72. The van der Waals surface area contributed by atoms with Crippen LogP contribution in [0.4, 0.5) is 5.00 Å². The molecule has 1 unspecified atom stereocenters. The van der Waals surface area contributed by atoms with Crippen LogP contribution >= 0.6 is 22.9 Å². The molecule has 28 heavy (non-hydrogen) atoms. The van der Waals surface area contributed by atoms with E-state index in [2.05, 4.69) is 12.2 Å². The zero-order valence-corrected chi connectivity index (χ0v) is 17.1. The number of hydrogen-bond acceptors (Lipinski definition) is 5. The van der Waals surface area contributed by atoms with Gasteiger partial charge in [0.05, 0.1) is 12.7 Å². The maximum atomic E-state index is 12.7. The summed E-state index contributed by atoms with van der Waals surface area (Å²) in [5.41, 5.74) is 1.98. The Kier molecular flexibility index (Phi) is 6.18. The highest BCUT2D eigenvalue weighted by Crippen LogP contribution is 2.40. The highest BCUT2D eigenvalue weighted by atomic mass is 35.5. The summed E-state index contributed by atoms with van der Waals surface area (Å²) in [6.45, 7) is 2.17. The zero-order chi connectivity index (χ0) is 20.3. The van der Waals surface area contributed by atoms with Crippen molar-refractivity contribution < 1.29 is 14.3 Å². The van der Waals surface area contributed by atoms with E-state index in [9.17, 15) is 14.9 Å². The molecule has 1 aromatic carbocycles. The van der Waals surface area contributed by atoms with Crippen molar-refractivity contribution in [2.45, 2.75) is 26.2 Å². The lowest BCUT2D eigenvalue weighted by Gasteiger charge is -2.18. The molecule has 1 N–H and O–H groups in total. The predicted molar refractivity (Wildman–Crippen MR) is 111 cm³/mol. The molecule has 7 heteroatoms. The van der Waals surface area contributed by atoms with Gasteiger partial charge in [-0.15, -0.1) is 11.3 Å². The van der Waals surface area contributed by atoms with Crippen LogP contribution in [0.2, 0.25) is 5.02 Å². The van der Waals surface area contributed by atoms with Crippen molar-refractivity contribution in [3.63, 3.8) is 0 Å². The van der Waals surface area contributed by atoms with Crippen molar-refractivity contribution in [2.75, 3.05) is 12.4 Å². The fourth-order valence-electron chi connectivity index (χ4n) is 3.20. The number of nitrogens with zero attached hydrogens (tertiary/aromatic N) is 1. The van der Waals surface area contributed by atoms with Gasteiger partial charge in [-0.1, -0.05) is 30.7 Å². The van der Waals surface area contributed by atoms with E-state index in [-0.39, 0.29) is 5.57 Å². The lowest BCUT2D eigenvalue weighted by atomic mass is 9.88. The standard InChI is InChI=1S/C21H19ClN2O3S/c1-12-3-8-16-17(9-12)28-20(18(16)21(26)27-2)24-19(25)14(11-23)10-13-4-6-15(22)7-5-13/h4-7,10,12H,3,8-9H2,1-2H3,(H,24,25)/b14-10+. The number of thiophene rings is 1. The van der Waals surface area contributed by atoms with Crippen LogP contribution in [-0.4, -0.2) is 19.0 Å². The number of carbonyl (C=O) groups is 2. The quantitative estimate of drug-likeness (QED) is 0.440. The van der Waals surface area contributed by atoms with E-state index in [1.54, 1.807) is 24.3 Å². The first-order valence-corrected chi connectivity index (χ1v) is 10.0. The number of methoxy groups -OCH3 is 1. The summed E-state index contributed by atoms with van der Waals surface area (Å²) >= 11 is 7.25. The van der Waals surface area contributed by atoms with E-state index in [4.69, 9.17) is 16.3 Å². The predicted octanol–water partition coefficient (Wildman–Crippen LogP) is 4.86. The summed E-state index contributed by atoms with van der Waals surface area (Å²) in [5.74, 6) is -0.503. The number of fused-ring (bicyclic) bond motifs is 1. The number of nitrogens with one attached hydrogen (secondary N) is 1. The summed E-state index contributed by atoms with van der Waals surface area (Å²) < 4.78 is 4.93. The number of ether oxygens (including phenoxy) is 1. The van der Waals surface area contributed by atoms with Crippen LogP contribution in [0.3, 0.4) is 0 Å². The SMILES string of the molecule is COC(=O)c1c(NC(=O)/C(C#N)=C/c2ccc(Cl)cc2)sc2c1CCC(C)C2. The van der Waals surface area contributed by atoms with Crippen molar-refractivity contribution in [3.05, 3.63) is 56.4 Å². The number of carbonyl (C=O) groups excluding carboxylic acids is 2. The molecule has 1 amide bonds. The van der Waals surface area contributed by atoms with Gasteiger partial charge < -0.3 is 10.1 Å². The molecular formula is C21H19ClN2O3S. The van der Waals surface area contributed by atoms with Gasteiger partial charge in [0.15, 0.2) is 0 Å². The van der Waals surface area contributed by atoms with E-state index < -0.39 is 11.9 Å². The summed E-state index contributed by atoms with van der Waals surface area (Å²) in [7, 11) is 1.32. The molecule has 0 bridgehead atoms. The second kappa shape index (κ2) is 8.59. The molecule has 144 valence electrons. The van der Waals surface area contributed by atoms with Crippen LogP contribution in [0.15, 0.2) is 29.8 Å². The fraction of sp³-hybridized carbons (Fsp3) is 0.286. The second-order valence-corrected chi connectivity index (χ2v) is 8.26. The largest absolute Gasteiger partial charge is 0.465 e. The van der Waals surface area contributed by atoms with E-state index >= 15 is 0 Å². The van der Waals surface area contributed by atoms with Gasteiger partial charge in [-0.25, -0.2) is 4.79 Å². The Morgan fingerprint density at radius 2 is 2.07 bits per heavy atom. The third-order valence-electron chi connectivity index (χ3n) is 4.67. The van der Waals surface area contributed by atoms with Gasteiger partial charge in [-0.05, 0) is 54.5 Å². The van der Waals surface area contributed by atoms with Gasteiger partial charge in [0.25, 0.3) is 5.91 Å². The lowest BCUT2D eigenvalue weighted by Crippen LogP contribution is -2.16. The molecule has 2 aromatic rings. The first-order valence-electron chi connectivity index (χ1n) is 8.84. The molecule has 5 nitrogen and oxygen atoms in total. The smallest absolute Gasteiger partial charge is 0.341 e. The van der Waals surface area contributed by atoms with Gasteiger partial charge in [0, 0.05) is 9.90 Å². The minimum atomic E-state index is -0.561. The number of benzene rings is 1. The van der Waals surface area contributed by atoms with Crippen molar-refractivity contribution >= 4 is 45.9 Å². The van der Waals surface area contributed by atoms with Gasteiger partial charge >= 0.3 is 5.97 Å². The Bertz CT molecular complexity index is 986. The van der Waals surface area contributed by atoms with Crippen molar-refractivity contribution in [3.8, 4) is 6.07 Å². The number of anilines is 1. The minimum Gasteiger partial charge on any atom is -0.465 e. The van der Waals surface area contributed by atoms with Crippen LogP contribution in [0.25, 0.3) is 6.08 Å². The summed E-state index contributed by atoms with van der Waals surface area (Å²) in [6, 6.07) is 8.73. The summed E-state index contributed by atoms with van der Waals surface area (Å²) in [5, 5.41) is 13.2. The Morgan fingerprint density at radius 1 is 1.36 bits per heavy atom. The van der Waals surface area contributed by atoms with E-state index in [1.165, 1.54) is 24.5 Å². The summed E-state index contributed by atoms with van der Waals surface area (Å²) in [6.07, 6.45) is 4.12. The van der Waals surface area contributed by atoms with Crippen LogP contribution < -0.4 is 5.32 Å². The molecule has 1 aliphatic carbocycles. The number of nitriles is 1. The number of amides is 1. The van der Waals surface area contributed by atoms with Crippen molar-refractivity contribution in [2.24, 2.45) is 5.92 Å². The lowest BCUT2D eigenvalue weighted by molar-refractivity contribution is -0.112. The monoisotopic (exact) mass is 414 g/mol. The van der Waals surface area contributed by atoms with Gasteiger partial charge in [-0.3, -0.25) is 4.79 Å². The average Bonchev–Trinajstić information content (AvgIpc) is 3.03. The third-order valence-corrected chi connectivity index (χ3v) is 6.10. The Balaban J connectivity index is 1.91. The zero-order valence-electron chi connectivity index (χ0n) is 15.5. The van der Waals surface area contributed by atoms with E-state index in [1.807, 2.05) is 6.07 Å². The first kappa shape index (κ1) is 20.1. The number of halogens is 1. The Morgan fingerprint density at radius 3 is 2.71 bits per heavy atom. The minimum absolute atomic E-state index is 0.0575. The Labute approximate surface area is 172 Å².